The summed E-state index contributed by atoms with van der Waals surface area (Å²) >= 11 is 0. The van der Waals surface area contributed by atoms with Crippen LogP contribution in [0, 0.1) is 0 Å². The van der Waals surface area contributed by atoms with E-state index < -0.39 is 0 Å². The molecule has 0 aliphatic heterocycles. The van der Waals surface area contributed by atoms with Crippen molar-refractivity contribution in [3.05, 3.63) is 29.8 Å². The summed E-state index contributed by atoms with van der Waals surface area (Å²) < 4.78 is 0. The monoisotopic (exact) mass is 151 g/mol. The number of oxime groups is 1. The molecule has 3 nitrogen and oxygen atoms in total. The van der Waals surface area contributed by atoms with Crippen LogP contribution >= 0.6 is 0 Å². The smallest absolute Gasteiger partial charge is 0.115 e. The predicted molar refractivity (Wildman–Crippen MR) is 42.7 cm³/mol. The van der Waals surface area contributed by atoms with Gasteiger partial charge in [0.1, 0.15) is 12.9 Å². The first-order chi connectivity index (χ1) is 5.33. The van der Waals surface area contributed by atoms with Crippen LogP contribution in [0.25, 0.3) is 0 Å². The third-order valence-electron chi connectivity index (χ3n) is 1.20. The fourth-order valence-corrected chi connectivity index (χ4v) is 0.674. The van der Waals surface area contributed by atoms with Crippen molar-refractivity contribution in [2.45, 2.75) is 0 Å². The molecule has 1 N–H and O–H groups in total. The van der Waals surface area contributed by atoms with Gasteiger partial charge in [0.25, 0.3) is 0 Å². The molecule has 58 valence electrons. The third kappa shape index (κ3) is 2.29. The van der Waals surface area contributed by atoms with Gasteiger partial charge in [-0.1, -0.05) is 5.16 Å². The van der Waals surface area contributed by atoms with Gasteiger partial charge in [0.15, 0.2) is 0 Å². The molecule has 0 bridgehead atoms. The normalized spacial score (nSPS) is 10.3. The Morgan fingerprint density at radius 1 is 1.36 bits per heavy atom. The molecule has 0 unspecified atom stereocenters. The van der Waals surface area contributed by atoms with Gasteiger partial charge in [-0.25, -0.2) is 0 Å². The first-order valence-electron chi connectivity index (χ1n) is 3.18. The molecule has 0 aromatic heterocycles. The molecule has 11 heavy (non-hydrogen) atoms. The molecule has 0 heterocycles. The van der Waals surface area contributed by atoms with Crippen LogP contribution in [0.2, 0.25) is 0 Å². The van der Waals surface area contributed by atoms with Crippen molar-refractivity contribution in [1.29, 1.82) is 0 Å². The Morgan fingerprint density at radius 3 is 2.55 bits per heavy atom. The summed E-state index contributed by atoms with van der Waals surface area (Å²) in [4.78, 5) is 4.48. The van der Waals surface area contributed by atoms with Gasteiger partial charge in [-0.15, -0.1) is 0 Å². The zero-order valence-electron chi connectivity index (χ0n) is 6.19. The van der Waals surface area contributed by atoms with E-state index in [4.69, 9.17) is 5.11 Å². The van der Waals surface area contributed by atoms with Gasteiger partial charge >= 0.3 is 0 Å². The molecule has 1 rings (SSSR count). The third-order valence-corrected chi connectivity index (χ3v) is 1.20. The van der Waals surface area contributed by atoms with Crippen molar-refractivity contribution in [1.82, 2.24) is 0 Å². The van der Waals surface area contributed by atoms with E-state index in [-0.39, 0.29) is 5.75 Å². The Kier molecular flexibility index (Phi) is 2.49. The standard InChI is InChI=1S/C8H9NO2/c1-11-9-6-7-2-4-8(10)5-3-7/h2-6,10H,1H3/b9-6-. The Bertz CT molecular complexity index is 241. The van der Waals surface area contributed by atoms with E-state index in [0.29, 0.717) is 0 Å². The van der Waals surface area contributed by atoms with Crippen LogP contribution < -0.4 is 0 Å². The van der Waals surface area contributed by atoms with E-state index in [1.54, 1.807) is 30.5 Å². The molecule has 1 aromatic carbocycles. The fraction of sp³-hybridized carbons (Fsp3) is 0.125. The lowest BCUT2D eigenvalue weighted by molar-refractivity contribution is 0.215. The molecular formula is C8H9NO2. The molecule has 0 radical (unpaired) electrons. The molecule has 1 aromatic rings. The summed E-state index contributed by atoms with van der Waals surface area (Å²) in [6, 6.07) is 6.68. The number of aromatic hydroxyl groups is 1. The Morgan fingerprint density at radius 2 is 2.00 bits per heavy atom. The molecule has 3 heteroatoms. The van der Waals surface area contributed by atoms with Gasteiger partial charge < -0.3 is 9.94 Å². The summed E-state index contributed by atoms with van der Waals surface area (Å²) in [5.41, 5.74) is 0.893. The van der Waals surface area contributed by atoms with Crippen LogP contribution in [0.3, 0.4) is 0 Å². The lowest BCUT2D eigenvalue weighted by Gasteiger charge is -1.91. The number of phenolic OH excluding ortho intramolecular Hbond substituents is 1. The quantitative estimate of drug-likeness (QED) is 0.512. The Hall–Kier alpha value is -1.51. The minimum Gasteiger partial charge on any atom is -0.508 e. The maximum atomic E-state index is 8.91. The lowest BCUT2D eigenvalue weighted by Crippen LogP contribution is -1.79. The van der Waals surface area contributed by atoms with Crippen LogP contribution in [0.15, 0.2) is 29.4 Å². The molecule has 0 aliphatic carbocycles. The first-order valence-corrected chi connectivity index (χ1v) is 3.18. The number of phenols is 1. The van der Waals surface area contributed by atoms with Crippen LogP contribution in [-0.4, -0.2) is 18.4 Å². The van der Waals surface area contributed by atoms with E-state index in [9.17, 15) is 0 Å². The summed E-state index contributed by atoms with van der Waals surface area (Å²) in [5, 5.41) is 12.5. The van der Waals surface area contributed by atoms with Crippen LogP contribution in [-0.2, 0) is 4.84 Å². The van der Waals surface area contributed by atoms with E-state index in [0.717, 1.165) is 5.56 Å². The highest BCUT2D eigenvalue weighted by Crippen LogP contribution is 2.07. The number of benzene rings is 1. The average molecular weight is 151 g/mol. The Labute approximate surface area is 64.9 Å². The average Bonchev–Trinajstić information content (AvgIpc) is 2.04. The van der Waals surface area contributed by atoms with E-state index in [2.05, 4.69) is 9.99 Å². The van der Waals surface area contributed by atoms with Gasteiger partial charge in [0.2, 0.25) is 0 Å². The summed E-state index contributed by atoms with van der Waals surface area (Å²) in [6.07, 6.45) is 1.57. The van der Waals surface area contributed by atoms with E-state index in [1.165, 1.54) is 7.11 Å². The molecule has 0 spiro atoms. The number of hydrogen-bond acceptors (Lipinski definition) is 3. The van der Waals surface area contributed by atoms with Crippen LogP contribution in [0.5, 0.6) is 5.75 Å². The van der Waals surface area contributed by atoms with Crippen molar-refractivity contribution in [3.8, 4) is 5.75 Å². The number of rotatable bonds is 2. The van der Waals surface area contributed by atoms with Gasteiger partial charge in [0.05, 0.1) is 6.21 Å². The molecule has 0 saturated heterocycles. The summed E-state index contributed by atoms with van der Waals surface area (Å²) in [6.45, 7) is 0. The van der Waals surface area contributed by atoms with E-state index in [1.807, 2.05) is 0 Å². The van der Waals surface area contributed by atoms with Crippen molar-refractivity contribution in [3.63, 3.8) is 0 Å². The zero-order chi connectivity index (χ0) is 8.10. The lowest BCUT2D eigenvalue weighted by atomic mass is 10.2. The molecule has 0 atom stereocenters. The molecular weight excluding hydrogens is 142 g/mol. The largest absolute Gasteiger partial charge is 0.508 e. The molecule has 0 fully saturated rings. The zero-order valence-corrected chi connectivity index (χ0v) is 6.19. The predicted octanol–water partition coefficient (Wildman–Crippen LogP) is 1.37. The van der Waals surface area contributed by atoms with Gasteiger partial charge in [-0.2, -0.15) is 0 Å². The summed E-state index contributed by atoms with van der Waals surface area (Å²) in [5.74, 6) is 0.250. The van der Waals surface area contributed by atoms with E-state index >= 15 is 0 Å². The van der Waals surface area contributed by atoms with Gasteiger partial charge in [-0.05, 0) is 29.8 Å². The minimum atomic E-state index is 0.250. The fourth-order valence-electron chi connectivity index (χ4n) is 0.674. The topological polar surface area (TPSA) is 41.8 Å². The number of hydrogen-bond donors (Lipinski definition) is 1. The highest BCUT2D eigenvalue weighted by molar-refractivity contribution is 5.79. The van der Waals surface area contributed by atoms with Crippen LogP contribution in [0.1, 0.15) is 5.56 Å². The second kappa shape index (κ2) is 3.61. The maximum Gasteiger partial charge on any atom is 0.115 e. The molecule has 0 amide bonds. The second-order valence-corrected chi connectivity index (χ2v) is 2.01. The Balaban J connectivity index is 2.73. The highest BCUT2D eigenvalue weighted by atomic mass is 16.6. The van der Waals surface area contributed by atoms with Crippen molar-refractivity contribution < 1.29 is 9.94 Å². The molecule has 0 aliphatic rings. The van der Waals surface area contributed by atoms with Crippen molar-refractivity contribution in [2.75, 3.05) is 7.11 Å². The first kappa shape index (κ1) is 7.60. The van der Waals surface area contributed by atoms with Crippen molar-refractivity contribution >= 4 is 6.21 Å². The SMILES string of the molecule is CO/N=C\c1ccc(O)cc1. The highest BCUT2D eigenvalue weighted by Gasteiger charge is 1.87. The number of nitrogens with zero attached hydrogens (tertiary/aromatic N) is 1. The second-order valence-electron chi connectivity index (χ2n) is 2.01. The summed E-state index contributed by atoms with van der Waals surface area (Å²) in [7, 11) is 1.48. The van der Waals surface area contributed by atoms with Gasteiger partial charge in [0, 0.05) is 0 Å². The van der Waals surface area contributed by atoms with Crippen molar-refractivity contribution in [2.24, 2.45) is 5.16 Å². The van der Waals surface area contributed by atoms with Crippen LogP contribution in [0.4, 0.5) is 0 Å². The van der Waals surface area contributed by atoms with Gasteiger partial charge in [-0.3, -0.25) is 0 Å². The minimum absolute atomic E-state index is 0.250. The maximum absolute atomic E-state index is 8.91. The molecule has 0 saturated carbocycles.